The summed E-state index contributed by atoms with van der Waals surface area (Å²) in [6.45, 7) is -0.0202. The Morgan fingerprint density at radius 1 is 1.67 bits per heavy atom. The average molecular weight is 252 g/mol. The van der Waals surface area contributed by atoms with E-state index in [1.807, 2.05) is 7.85 Å². The van der Waals surface area contributed by atoms with Crippen molar-refractivity contribution in [3.63, 3.8) is 0 Å². The Labute approximate surface area is 92.0 Å². The number of carbonyl (C=O) groups is 1. The van der Waals surface area contributed by atoms with Gasteiger partial charge in [-0.15, -0.1) is 0 Å². The lowest BCUT2D eigenvalue weighted by Crippen LogP contribution is -2.30. The zero-order chi connectivity index (χ0) is 11.0. The average Bonchev–Trinajstić information content (AvgIpc) is 2.64. The van der Waals surface area contributed by atoms with Crippen molar-refractivity contribution >= 4 is 33.2 Å². The van der Waals surface area contributed by atoms with Gasteiger partial charge in [0.05, 0.1) is 11.9 Å². The van der Waals surface area contributed by atoms with Crippen LogP contribution in [0.15, 0.2) is 0 Å². The highest BCUT2D eigenvalue weighted by atomic mass is 32.2. The molecule has 2 aliphatic rings. The second kappa shape index (κ2) is 4.47. The molecule has 0 spiro atoms. The van der Waals surface area contributed by atoms with Crippen molar-refractivity contribution in [2.75, 3.05) is 6.61 Å². The number of thioether (sulfide) groups is 1. The molecule has 9 heteroatoms. The van der Waals surface area contributed by atoms with Crippen molar-refractivity contribution in [1.82, 2.24) is 0 Å². The summed E-state index contributed by atoms with van der Waals surface area (Å²) in [5.41, 5.74) is 0. The molecule has 6 nitrogen and oxygen atoms in total. The molecule has 0 radical (unpaired) electrons. The predicted molar refractivity (Wildman–Crippen MR) is 56.0 cm³/mol. The second-order valence-corrected chi connectivity index (χ2v) is 5.31. The van der Waals surface area contributed by atoms with Crippen molar-refractivity contribution in [1.29, 1.82) is 0 Å². The molecule has 1 N–H and O–H groups in total. The Morgan fingerprint density at radius 2 is 2.40 bits per heavy atom. The van der Waals surface area contributed by atoms with Crippen LogP contribution in [-0.2, 0) is 18.6 Å². The van der Waals surface area contributed by atoms with E-state index in [4.69, 9.17) is 14.4 Å². The smallest absolute Gasteiger partial charge is 0.368 e. The van der Waals surface area contributed by atoms with Gasteiger partial charge in [0.2, 0.25) is 0 Å². The van der Waals surface area contributed by atoms with Crippen LogP contribution in [0.2, 0.25) is 0 Å². The molecule has 0 aromatic rings. The molecule has 15 heavy (non-hydrogen) atoms. The zero-order valence-corrected chi connectivity index (χ0v) is 9.73. The van der Waals surface area contributed by atoms with Gasteiger partial charge < -0.3 is 18.9 Å². The van der Waals surface area contributed by atoms with Crippen molar-refractivity contribution in [2.45, 2.75) is 23.5 Å². The quantitative estimate of drug-likeness (QED) is 0.406. The lowest BCUT2D eigenvalue weighted by Gasteiger charge is -2.14. The summed E-state index contributed by atoms with van der Waals surface area (Å²) in [5.74, 6) is 0. The first-order valence-corrected chi connectivity index (χ1v) is 6.60. The van der Waals surface area contributed by atoms with Gasteiger partial charge in [0.1, 0.15) is 20.1 Å². The lowest BCUT2D eigenvalue weighted by molar-refractivity contribution is 0.000580. The van der Waals surface area contributed by atoms with Crippen LogP contribution in [0.5, 0.6) is 0 Å². The maximum absolute atomic E-state index is 11.0. The zero-order valence-electron chi connectivity index (χ0n) is 7.91. The predicted octanol–water partition coefficient (Wildman–Crippen LogP) is -0.636. The third-order valence-electron chi connectivity index (χ3n) is 2.38. The second-order valence-electron chi connectivity index (χ2n) is 3.37. The molecule has 0 amide bonds. The van der Waals surface area contributed by atoms with Crippen molar-refractivity contribution in [3.05, 3.63) is 0 Å². The Morgan fingerprint density at radius 3 is 3.07 bits per heavy atom. The molecule has 0 saturated carbocycles. The maximum atomic E-state index is 11.0. The van der Waals surface area contributed by atoms with Crippen molar-refractivity contribution in [3.8, 4) is 0 Å². The summed E-state index contributed by atoms with van der Waals surface area (Å²) in [7, 11) is -1.12. The van der Waals surface area contributed by atoms with Gasteiger partial charge in [-0.3, -0.25) is 4.57 Å². The molecule has 5 unspecified atom stereocenters. The summed E-state index contributed by atoms with van der Waals surface area (Å²) in [4.78, 5) is 19.6. The normalized spacial score (nSPS) is 41.3. The van der Waals surface area contributed by atoms with Crippen LogP contribution in [0.4, 0.5) is 4.79 Å². The monoisotopic (exact) mass is 252 g/mol. The van der Waals surface area contributed by atoms with Gasteiger partial charge >= 0.3 is 13.6 Å². The minimum Gasteiger partial charge on any atom is -0.450 e. The molecule has 2 fully saturated rings. The molecule has 2 heterocycles. The lowest BCUT2D eigenvalue weighted by atomic mass is 9.95. The van der Waals surface area contributed by atoms with Crippen molar-refractivity contribution in [2.24, 2.45) is 0 Å². The fraction of sp³-hybridized carbons (Fsp3) is 0.833. The first kappa shape index (κ1) is 11.5. The molecular formula is C6H10BO6PS. The molecule has 0 aromatic carbocycles. The third-order valence-corrected chi connectivity index (χ3v) is 4.00. The van der Waals surface area contributed by atoms with E-state index in [-0.39, 0.29) is 29.3 Å². The van der Waals surface area contributed by atoms with Crippen LogP contribution < -0.4 is 0 Å². The Hall–Kier alpha value is -0.00506. The van der Waals surface area contributed by atoms with Gasteiger partial charge in [0.15, 0.2) is 0 Å². The molecule has 2 aliphatic heterocycles. The number of hydrogen-bond donors (Lipinski definition) is 1. The summed E-state index contributed by atoms with van der Waals surface area (Å²) < 4.78 is 25.5. The fourth-order valence-corrected chi connectivity index (χ4v) is 3.07. The van der Waals surface area contributed by atoms with E-state index >= 15 is 0 Å². The molecule has 0 bridgehead atoms. The van der Waals surface area contributed by atoms with Crippen LogP contribution in [0.1, 0.15) is 0 Å². The van der Waals surface area contributed by atoms with Crippen LogP contribution in [0.3, 0.4) is 0 Å². The van der Waals surface area contributed by atoms with E-state index in [0.29, 0.717) is 0 Å². The van der Waals surface area contributed by atoms with Crippen LogP contribution in [-0.4, -0.2) is 48.1 Å². The number of carbonyl (C=O) groups excluding carboxylic acids is 1. The number of hydrogen-bond acceptors (Lipinski definition) is 6. The highest BCUT2D eigenvalue weighted by Gasteiger charge is 2.50. The number of rotatable bonds is 3. The SMILES string of the molecule is BC1OC(CO[PH](=O)O)C2OC(=O)SC12. The van der Waals surface area contributed by atoms with Crippen LogP contribution >= 0.6 is 20.0 Å². The molecule has 2 saturated heterocycles. The number of ether oxygens (including phenoxy) is 2. The van der Waals surface area contributed by atoms with Gasteiger partial charge in [0, 0.05) is 6.00 Å². The van der Waals surface area contributed by atoms with Gasteiger partial charge in [-0.1, -0.05) is 0 Å². The summed E-state index contributed by atoms with van der Waals surface area (Å²) in [5, 5.41) is -0.353. The van der Waals surface area contributed by atoms with E-state index in [1.165, 1.54) is 0 Å². The highest BCUT2D eigenvalue weighted by Crippen LogP contribution is 2.39. The maximum Gasteiger partial charge on any atom is 0.368 e. The summed E-state index contributed by atoms with van der Waals surface area (Å²) >= 11 is 1.11. The largest absolute Gasteiger partial charge is 0.450 e. The standard InChI is InChI=1S/C6H10BO6PS/c7-5-4-3(13-6(8)15-4)2(12-5)1-11-14(9)10/h2-5,14H,1,7H2,(H,9,10). The molecule has 5 atom stereocenters. The molecule has 84 valence electrons. The minimum absolute atomic E-state index is 0.0202. The number of fused-ring (bicyclic) bond motifs is 1. The van der Waals surface area contributed by atoms with Crippen molar-refractivity contribution < 1.29 is 28.3 Å². The minimum atomic E-state index is -2.96. The van der Waals surface area contributed by atoms with Gasteiger partial charge in [0.25, 0.3) is 0 Å². The highest BCUT2D eigenvalue weighted by molar-refractivity contribution is 8.14. The van der Waals surface area contributed by atoms with E-state index in [0.717, 1.165) is 11.8 Å². The third kappa shape index (κ3) is 2.40. The Kier molecular flexibility index (Phi) is 3.42. The van der Waals surface area contributed by atoms with E-state index in [2.05, 4.69) is 4.52 Å². The topological polar surface area (TPSA) is 82.1 Å². The van der Waals surface area contributed by atoms with Gasteiger partial charge in [-0.2, -0.15) is 0 Å². The molecule has 0 aliphatic carbocycles. The Balaban J connectivity index is 1.96. The summed E-state index contributed by atoms with van der Waals surface area (Å²) in [6, 6.07) is -0.110. The molecule has 2 rings (SSSR count). The molecule has 0 aromatic heterocycles. The van der Waals surface area contributed by atoms with E-state index in [1.54, 1.807) is 0 Å². The fourth-order valence-electron chi connectivity index (χ4n) is 1.75. The first-order valence-electron chi connectivity index (χ1n) is 4.46. The molecular weight excluding hydrogens is 242 g/mol. The first-order chi connectivity index (χ1) is 7.08. The van der Waals surface area contributed by atoms with Gasteiger partial charge in [-0.25, -0.2) is 4.79 Å². The van der Waals surface area contributed by atoms with E-state index in [9.17, 15) is 9.36 Å². The van der Waals surface area contributed by atoms with E-state index < -0.39 is 14.4 Å². The Bertz CT molecular complexity index is 301. The summed E-state index contributed by atoms with van der Waals surface area (Å²) in [6.07, 6.45) is -0.802. The van der Waals surface area contributed by atoms with Crippen LogP contribution in [0, 0.1) is 0 Å². The van der Waals surface area contributed by atoms with Gasteiger partial charge in [-0.05, 0) is 11.8 Å². The van der Waals surface area contributed by atoms with Crippen LogP contribution in [0.25, 0.3) is 0 Å².